The van der Waals surface area contributed by atoms with Gasteiger partial charge in [0.1, 0.15) is 5.82 Å². The van der Waals surface area contributed by atoms with Crippen LogP contribution in [0.3, 0.4) is 0 Å². The molecular formula is C12H12ClFN2S. The molecule has 2 nitrogen and oxygen atoms in total. The fourth-order valence-electron chi connectivity index (χ4n) is 1.71. The van der Waals surface area contributed by atoms with Gasteiger partial charge in [-0.25, -0.2) is 9.37 Å². The van der Waals surface area contributed by atoms with Gasteiger partial charge in [-0.3, -0.25) is 0 Å². The molecule has 1 N–H and O–H groups in total. The fraction of sp³-hybridized carbons (Fsp3) is 0.250. The highest BCUT2D eigenvalue weighted by Gasteiger charge is 2.18. The van der Waals surface area contributed by atoms with E-state index < -0.39 is 0 Å². The van der Waals surface area contributed by atoms with Crippen molar-refractivity contribution in [2.24, 2.45) is 0 Å². The smallest absolute Gasteiger partial charge is 0.123 e. The summed E-state index contributed by atoms with van der Waals surface area (Å²) in [7, 11) is 1.81. The number of hydrogen-bond acceptors (Lipinski definition) is 3. The maximum Gasteiger partial charge on any atom is 0.123 e. The molecule has 5 heteroatoms. The largest absolute Gasteiger partial charge is 0.308 e. The van der Waals surface area contributed by atoms with Crippen molar-refractivity contribution in [3.05, 3.63) is 50.7 Å². The van der Waals surface area contributed by atoms with Gasteiger partial charge in [0.25, 0.3) is 0 Å². The number of halogens is 2. The minimum absolute atomic E-state index is 0.178. The van der Waals surface area contributed by atoms with Crippen LogP contribution in [-0.4, -0.2) is 12.0 Å². The van der Waals surface area contributed by atoms with E-state index in [1.807, 2.05) is 12.3 Å². The summed E-state index contributed by atoms with van der Waals surface area (Å²) in [6, 6.07) is 4.18. The van der Waals surface area contributed by atoms with Gasteiger partial charge in [0, 0.05) is 10.4 Å². The Bertz CT molecular complexity index is 527. The van der Waals surface area contributed by atoms with Crippen molar-refractivity contribution in [2.75, 3.05) is 7.05 Å². The Morgan fingerprint density at radius 2 is 2.24 bits per heavy atom. The molecule has 0 bridgehead atoms. The van der Waals surface area contributed by atoms with Crippen molar-refractivity contribution in [2.45, 2.75) is 13.0 Å². The van der Waals surface area contributed by atoms with E-state index in [1.54, 1.807) is 24.5 Å². The van der Waals surface area contributed by atoms with E-state index >= 15 is 0 Å². The summed E-state index contributed by atoms with van der Waals surface area (Å²) < 4.78 is 13.3. The summed E-state index contributed by atoms with van der Waals surface area (Å²) in [6.07, 6.45) is 0. The van der Waals surface area contributed by atoms with Crippen molar-refractivity contribution in [3.8, 4) is 0 Å². The second-order valence-corrected chi connectivity index (χ2v) is 5.15. The summed E-state index contributed by atoms with van der Waals surface area (Å²) in [6.45, 7) is 1.94. The molecule has 0 aliphatic carbocycles. The monoisotopic (exact) mass is 270 g/mol. The maximum absolute atomic E-state index is 13.3. The zero-order chi connectivity index (χ0) is 12.4. The SMILES string of the molecule is CNC(c1csc(C)n1)c1cc(F)ccc1Cl. The molecule has 0 aliphatic heterocycles. The molecule has 1 aromatic heterocycles. The number of benzene rings is 1. The first kappa shape index (κ1) is 12.5. The van der Waals surface area contributed by atoms with Crippen LogP contribution in [0.25, 0.3) is 0 Å². The van der Waals surface area contributed by atoms with Gasteiger partial charge in [-0.2, -0.15) is 0 Å². The molecule has 0 fully saturated rings. The molecule has 0 saturated heterocycles. The molecule has 0 radical (unpaired) electrons. The zero-order valence-corrected chi connectivity index (χ0v) is 11.1. The Hall–Kier alpha value is -0.970. The van der Waals surface area contributed by atoms with E-state index in [2.05, 4.69) is 10.3 Å². The molecule has 0 amide bonds. The lowest BCUT2D eigenvalue weighted by molar-refractivity contribution is 0.614. The van der Waals surface area contributed by atoms with Crippen LogP contribution in [0.15, 0.2) is 23.6 Å². The molecule has 0 aliphatic rings. The van der Waals surface area contributed by atoms with Crippen LogP contribution in [0.5, 0.6) is 0 Å². The van der Waals surface area contributed by atoms with Gasteiger partial charge in [-0.15, -0.1) is 11.3 Å². The van der Waals surface area contributed by atoms with Crippen molar-refractivity contribution in [3.63, 3.8) is 0 Å². The molecule has 0 spiro atoms. The van der Waals surface area contributed by atoms with Crippen molar-refractivity contribution in [1.82, 2.24) is 10.3 Å². The lowest BCUT2D eigenvalue weighted by Gasteiger charge is -2.15. The molecule has 1 heterocycles. The van der Waals surface area contributed by atoms with Gasteiger partial charge < -0.3 is 5.32 Å². The summed E-state index contributed by atoms with van der Waals surface area (Å²) >= 11 is 7.66. The van der Waals surface area contributed by atoms with Gasteiger partial charge in [0.2, 0.25) is 0 Å². The maximum atomic E-state index is 13.3. The predicted molar refractivity (Wildman–Crippen MR) is 69.2 cm³/mol. The molecule has 1 unspecified atom stereocenters. The number of nitrogens with zero attached hydrogens (tertiary/aromatic N) is 1. The Labute approximate surface area is 108 Å². The van der Waals surface area contributed by atoms with Gasteiger partial charge in [-0.1, -0.05) is 11.6 Å². The molecule has 1 atom stereocenters. The van der Waals surface area contributed by atoms with Crippen LogP contribution in [0.4, 0.5) is 4.39 Å². The van der Waals surface area contributed by atoms with E-state index in [9.17, 15) is 4.39 Å². The Balaban J connectivity index is 2.45. The highest BCUT2D eigenvalue weighted by Crippen LogP contribution is 2.29. The standard InChI is InChI=1S/C12H12ClFN2S/c1-7-16-11(6-17-7)12(15-2)9-5-8(14)3-4-10(9)13/h3-6,12,15H,1-2H3. The quantitative estimate of drug-likeness (QED) is 0.923. The van der Waals surface area contributed by atoms with Crippen LogP contribution >= 0.6 is 22.9 Å². The Morgan fingerprint density at radius 1 is 1.47 bits per heavy atom. The van der Waals surface area contributed by atoms with Crippen molar-refractivity contribution < 1.29 is 4.39 Å². The van der Waals surface area contributed by atoms with E-state index in [0.717, 1.165) is 10.7 Å². The molecule has 0 saturated carbocycles. The van der Waals surface area contributed by atoms with Gasteiger partial charge in [0.05, 0.1) is 16.7 Å². The van der Waals surface area contributed by atoms with Crippen LogP contribution in [0.2, 0.25) is 5.02 Å². The van der Waals surface area contributed by atoms with Gasteiger partial charge >= 0.3 is 0 Å². The molecule has 2 aromatic rings. The summed E-state index contributed by atoms with van der Waals surface area (Å²) in [5, 5.41) is 6.58. The minimum Gasteiger partial charge on any atom is -0.308 e. The number of aryl methyl sites for hydroxylation is 1. The number of hydrogen-bond donors (Lipinski definition) is 1. The molecular weight excluding hydrogens is 259 g/mol. The van der Waals surface area contributed by atoms with Gasteiger partial charge in [-0.05, 0) is 37.7 Å². The van der Waals surface area contributed by atoms with Crippen molar-refractivity contribution in [1.29, 1.82) is 0 Å². The molecule has 2 rings (SSSR count). The third-order valence-corrected chi connectivity index (χ3v) is 3.63. The summed E-state index contributed by atoms with van der Waals surface area (Å²) in [4.78, 5) is 4.40. The Kier molecular flexibility index (Phi) is 3.76. The predicted octanol–water partition coefficient (Wildman–Crippen LogP) is 3.55. The number of thiazole rings is 1. The van der Waals surface area contributed by atoms with E-state index in [-0.39, 0.29) is 11.9 Å². The average molecular weight is 271 g/mol. The summed E-state index contributed by atoms with van der Waals surface area (Å²) in [5.74, 6) is -0.295. The van der Waals surface area contributed by atoms with Crippen LogP contribution in [-0.2, 0) is 0 Å². The first-order chi connectivity index (χ1) is 8.11. The second kappa shape index (κ2) is 5.12. The Morgan fingerprint density at radius 3 is 2.82 bits per heavy atom. The van der Waals surface area contributed by atoms with Crippen LogP contribution in [0, 0.1) is 12.7 Å². The number of nitrogens with one attached hydrogen (secondary N) is 1. The normalized spacial score (nSPS) is 12.7. The van der Waals surface area contributed by atoms with E-state index in [4.69, 9.17) is 11.6 Å². The first-order valence-corrected chi connectivity index (χ1v) is 6.42. The van der Waals surface area contributed by atoms with Crippen LogP contribution < -0.4 is 5.32 Å². The van der Waals surface area contributed by atoms with Gasteiger partial charge in [0.15, 0.2) is 0 Å². The lowest BCUT2D eigenvalue weighted by Crippen LogP contribution is -2.18. The third kappa shape index (κ3) is 2.65. The summed E-state index contributed by atoms with van der Waals surface area (Å²) in [5.41, 5.74) is 1.57. The van der Waals surface area contributed by atoms with Crippen molar-refractivity contribution >= 4 is 22.9 Å². The minimum atomic E-state index is -0.295. The lowest BCUT2D eigenvalue weighted by atomic mass is 10.0. The highest BCUT2D eigenvalue weighted by atomic mass is 35.5. The third-order valence-electron chi connectivity index (χ3n) is 2.49. The first-order valence-electron chi connectivity index (χ1n) is 5.16. The number of rotatable bonds is 3. The molecule has 90 valence electrons. The molecule has 17 heavy (non-hydrogen) atoms. The zero-order valence-electron chi connectivity index (χ0n) is 9.50. The average Bonchev–Trinajstić information content (AvgIpc) is 2.71. The second-order valence-electron chi connectivity index (χ2n) is 3.68. The highest BCUT2D eigenvalue weighted by molar-refractivity contribution is 7.09. The van der Waals surface area contributed by atoms with E-state index in [1.165, 1.54) is 12.1 Å². The van der Waals surface area contributed by atoms with E-state index in [0.29, 0.717) is 10.6 Å². The molecule has 1 aromatic carbocycles. The fourth-order valence-corrected chi connectivity index (χ4v) is 2.58. The topological polar surface area (TPSA) is 24.9 Å². The van der Waals surface area contributed by atoms with Crippen LogP contribution in [0.1, 0.15) is 22.3 Å². The number of aromatic nitrogens is 1.